The van der Waals surface area contributed by atoms with E-state index in [1.807, 2.05) is 66.3 Å². The zero-order valence-electron chi connectivity index (χ0n) is 26.8. The number of halogens is 2. The lowest BCUT2D eigenvalue weighted by atomic mass is 10.1. The van der Waals surface area contributed by atoms with Crippen LogP contribution in [0.2, 0.25) is 10.0 Å². The Morgan fingerprint density at radius 3 is 2.55 bits per heavy atom. The van der Waals surface area contributed by atoms with Crippen LogP contribution in [0.25, 0.3) is 20.8 Å². The molecule has 0 radical (unpaired) electrons. The molecule has 0 fully saturated rings. The van der Waals surface area contributed by atoms with E-state index in [9.17, 15) is 4.79 Å². The molecule has 0 saturated carbocycles. The van der Waals surface area contributed by atoms with Crippen LogP contribution in [0.15, 0.2) is 104 Å². The number of rotatable bonds is 16. The summed E-state index contributed by atoms with van der Waals surface area (Å²) in [5.74, 6) is 0.593. The highest BCUT2D eigenvalue weighted by Gasteiger charge is 2.17. The zero-order chi connectivity index (χ0) is 34.0. The van der Waals surface area contributed by atoms with E-state index >= 15 is 0 Å². The van der Waals surface area contributed by atoms with E-state index in [0.29, 0.717) is 55.1 Å². The summed E-state index contributed by atoms with van der Waals surface area (Å²) in [5, 5.41) is 8.10. The van der Waals surface area contributed by atoms with Gasteiger partial charge in [0.25, 0.3) is 5.91 Å². The number of carbonyl (C=O) groups is 1. The van der Waals surface area contributed by atoms with Crippen LogP contribution in [-0.4, -0.2) is 53.9 Å². The second-order valence-electron chi connectivity index (χ2n) is 11.1. The molecule has 1 atom stereocenters. The summed E-state index contributed by atoms with van der Waals surface area (Å²) in [5.41, 5.74) is 5.40. The molecule has 0 aliphatic heterocycles. The Morgan fingerprint density at radius 1 is 0.959 bits per heavy atom. The highest BCUT2D eigenvalue weighted by Crippen LogP contribution is 2.33. The normalized spacial score (nSPS) is 11.8. The summed E-state index contributed by atoms with van der Waals surface area (Å²) in [6.45, 7) is 2.42. The van der Waals surface area contributed by atoms with Gasteiger partial charge >= 0.3 is 0 Å². The van der Waals surface area contributed by atoms with Crippen LogP contribution in [0.5, 0.6) is 5.75 Å². The van der Waals surface area contributed by atoms with Crippen molar-refractivity contribution >= 4 is 56.3 Å². The number of carbonyl (C=O) groups excluding carboxylic acids is 1. The molecule has 49 heavy (non-hydrogen) atoms. The summed E-state index contributed by atoms with van der Waals surface area (Å²) in [6.07, 6.45) is 5.00. The molecule has 6 aromatic rings. The second kappa shape index (κ2) is 16.8. The molecule has 2 N–H and O–H groups in total. The van der Waals surface area contributed by atoms with E-state index in [0.717, 1.165) is 43.4 Å². The summed E-state index contributed by atoms with van der Waals surface area (Å²) < 4.78 is 20.9. The van der Waals surface area contributed by atoms with Gasteiger partial charge < -0.3 is 29.4 Å². The van der Waals surface area contributed by atoms with Crippen molar-refractivity contribution in [3.05, 3.63) is 130 Å². The third kappa shape index (κ3) is 9.38. The molecule has 4 aromatic carbocycles. The lowest BCUT2D eigenvalue weighted by Gasteiger charge is -2.20. The Balaban J connectivity index is 0.908. The van der Waals surface area contributed by atoms with E-state index in [2.05, 4.69) is 27.8 Å². The molecular weight excluding hydrogens is 681 g/mol. The Morgan fingerprint density at radius 2 is 1.80 bits per heavy atom. The Bertz CT molecular complexity index is 1970. The SMILES string of the molecule is CNc1ccc(-c2nc3ccc(OCCOCCNC(=O)c4ccc(COC(Cn5ccnc5)c5ccc(Cl)cc5Cl)cc4)cc3s2)cc1. The predicted molar refractivity (Wildman–Crippen MR) is 196 cm³/mol. The van der Waals surface area contributed by atoms with Gasteiger partial charge in [-0.15, -0.1) is 11.3 Å². The van der Waals surface area contributed by atoms with Gasteiger partial charge in [0, 0.05) is 58.4 Å². The molecule has 0 spiro atoms. The van der Waals surface area contributed by atoms with Crippen LogP contribution in [0.4, 0.5) is 5.69 Å². The Kier molecular flexibility index (Phi) is 11.8. The molecule has 1 amide bonds. The maximum atomic E-state index is 12.7. The fourth-order valence-electron chi connectivity index (χ4n) is 5.10. The standard InChI is InChI=1S/C37H35Cl2N5O4S/c1-40-29-9-6-27(7-10-29)37-43-33-13-11-30(21-35(33)49-37)47-19-18-46-17-15-42-36(45)26-4-2-25(3-5-26)23-48-34(22-44-16-14-41-24-44)31-12-8-28(38)20-32(31)39/h2-14,16,20-21,24,34,40H,15,17-19,22-23H2,1H3,(H,42,45). The zero-order valence-corrected chi connectivity index (χ0v) is 29.1. The van der Waals surface area contributed by atoms with E-state index in [1.165, 1.54) is 0 Å². The highest BCUT2D eigenvalue weighted by molar-refractivity contribution is 7.21. The molecular formula is C37H35Cl2N5O4S. The largest absolute Gasteiger partial charge is 0.491 e. The van der Waals surface area contributed by atoms with E-state index in [4.69, 9.17) is 42.4 Å². The molecule has 2 aromatic heterocycles. The fraction of sp³-hybridized carbons (Fsp3) is 0.216. The number of benzene rings is 4. The summed E-state index contributed by atoms with van der Waals surface area (Å²) >= 11 is 14.2. The van der Waals surface area contributed by atoms with Crippen molar-refractivity contribution < 1.29 is 19.0 Å². The van der Waals surface area contributed by atoms with Crippen LogP contribution in [-0.2, 0) is 22.6 Å². The maximum absolute atomic E-state index is 12.7. The Hall–Kier alpha value is -4.45. The molecule has 0 aliphatic carbocycles. The first-order chi connectivity index (χ1) is 23.9. The van der Waals surface area contributed by atoms with Crippen LogP contribution >= 0.6 is 34.5 Å². The van der Waals surface area contributed by atoms with E-state index < -0.39 is 0 Å². The number of anilines is 1. The lowest BCUT2D eigenvalue weighted by Crippen LogP contribution is -2.27. The topological polar surface area (TPSA) is 99.5 Å². The van der Waals surface area contributed by atoms with Crippen molar-refractivity contribution in [3.8, 4) is 16.3 Å². The van der Waals surface area contributed by atoms with Crippen LogP contribution in [0, 0.1) is 0 Å². The van der Waals surface area contributed by atoms with Gasteiger partial charge in [0.1, 0.15) is 23.5 Å². The van der Waals surface area contributed by atoms with Crippen LogP contribution < -0.4 is 15.4 Å². The van der Waals surface area contributed by atoms with Crippen molar-refractivity contribution in [2.75, 3.05) is 38.7 Å². The van der Waals surface area contributed by atoms with Gasteiger partial charge in [0.2, 0.25) is 0 Å². The van der Waals surface area contributed by atoms with Crippen LogP contribution in [0.3, 0.4) is 0 Å². The third-order valence-electron chi connectivity index (χ3n) is 7.72. The molecule has 2 heterocycles. The van der Waals surface area contributed by atoms with Crippen molar-refractivity contribution in [3.63, 3.8) is 0 Å². The maximum Gasteiger partial charge on any atom is 0.251 e. The molecule has 12 heteroatoms. The third-order valence-corrected chi connectivity index (χ3v) is 9.35. The number of aromatic nitrogens is 3. The van der Waals surface area contributed by atoms with Crippen molar-refractivity contribution in [1.82, 2.24) is 19.9 Å². The minimum Gasteiger partial charge on any atom is -0.491 e. The first kappa shape index (κ1) is 34.4. The number of fused-ring (bicyclic) bond motifs is 1. The average Bonchev–Trinajstić information content (AvgIpc) is 3.80. The molecule has 1 unspecified atom stereocenters. The average molecular weight is 717 g/mol. The number of thiazole rings is 1. The number of hydrogen-bond acceptors (Lipinski definition) is 8. The minimum atomic E-state index is -0.324. The summed E-state index contributed by atoms with van der Waals surface area (Å²) in [4.78, 5) is 21.6. The van der Waals surface area contributed by atoms with Gasteiger partial charge in [0.05, 0.1) is 42.9 Å². The molecule has 6 rings (SSSR count). The molecule has 252 valence electrons. The highest BCUT2D eigenvalue weighted by atomic mass is 35.5. The van der Waals surface area contributed by atoms with E-state index in [-0.39, 0.29) is 12.0 Å². The smallest absolute Gasteiger partial charge is 0.251 e. The molecule has 0 saturated heterocycles. The number of hydrogen-bond donors (Lipinski definition) is 2. The van der Waals surface area contributed by atoms with Crippen molar-refractivity contribution in [2.45, 2.75) is 19.3 Å². The summed E-state index contributed by atoms with van der Waals surface area (Å²) in [6, 6.07) is 26.8. The first-order valence-electron chi connectivity index (χ1n) is 15.7. The quantitative estimate of drug-likeness (QED) is 0.0973. The summed E-state index contributed by atoms with van der Waals surface area (Å²) in [7, 11) is 1.90. The van der Waals surface area contributed by atoms with Gasteiger partial charge in [-0.3, -0.25) is 4.79 Å². The van der Waals surface area contributed by atoms with E-state index in [1.54, 1.807) is 48.1 Å². The van der Waals surface area contributed by atoms with Crippen LogP contribution in [0.1, 0.15) is 27.6 Å². The second-order valence-corrected chi connectivity index (χ2v) is 13.0. The van der Waals surface area contributed by atoms with Crippen molar-refractivity contribution in [2.24, 2.45) is 0 Å². The van der Waals surface area contributed by atoms with Gasteiger partial charge in [-0.05, 0) is 72.3 Å². The Labute approximate surface area is 298 Å². The minimum absolute atomic E-state index is 0.173. The number of imidazole rings is 1. The van der Waals surface area contributed by atoms with Gasteiger partial charge in [0.15, 0.2) is 0 Å². The van der Waals surface area contributed by atoms with Gasteiger partial charge in [-0.2, -0.15) is 0 Å². The predicted octanol–water partition coefficient (Wildman–Crippen LogP) is 8.29. The number of nitrogens with one attached hydrogen (secondary N) is 2. The molecule has 0 aliphatic rings. The molecule has 9 nitrogen and oxygen atoms in total. The monoisotopic (exact) mass is 715 g/mol. The number of nitrogens with zero attached hydrogens (tertiary/aromatic N) is 3. The van der Waals surface area contributed by atoms with Gasteiger partial charge in [-0.25, -0.2) is 9.97 Å². The van der Waals surface area contributed by atoms with Gasteiger partial charge in [-0.1, -0.05) is 41.4 Å². The first-order valence-corrected chi connectivity index (χ1v) is 17.3. The number of ether oxygens (including phenoxy) is 3. The fourth-order valence-corrected chi connectivity index (χ4v) is 6.63. The van der Waals surface area contributed by atoms with Crippen molar-refractivity contribution in [1.29, 1.82) is 0 Å². The molecule has 0 bridgehead atoms. The number of amides is 1. The lowest BCUT2D eigenvalue weighted by molar-refractivity contribution is 0.0280.